The molecule has 2 heterocycles. The minimum Gasteiger partial charge on any atom is -0.350 e. The Labute approximate surface area is 200 Å². The van der Waals surface area contributed by atoms with Crippen molar-refractivity contribution in [3.05, 3.63) is 132 Å². The summed E-state index contributed by atoms with van der Waals surface area (Å²) in [5.74, 6) is 0.0312. The Bertz CT molecular complexity index is 1030. The van der Waals surface area contributed by atoms with Gasteiger partial charge in [-0.25, -0.2) is 0 Å². The summed E-state index contributed by atoms with van der Waals surface area (Å²) in [5, 5.41) is 5.69. The number of hydrogen-bond acceptors (Lipinski definition) is 4. The topological polar surface area (TPSA) is 84.0 Å². The lowest BCUT2D eigenvalue weighted by Gasteiger charge is -2.04. The largest absolute Gasteiger partial charge is 0.350 e. The summed E-state index contributed by atoms with van der Waals surface area (Å²) < 4.78 is 0. The molecular formula is C28H28N4O2. The lowest BCUT2D eigenvalue weighted by atomic mass is 10.1. The Balaban J connectivity index is 0.000000191. The maximum atomic E-state index is 11.6. The quantitative estimate of drug-likeness (QED) is 0.425. The van der Waals surface area contributed by atoms with Gasteiger partial charge in [-0.1, -0.05) is 72.8 Å². The van der Waals surface area contributed by atoms with Gasteiger partial charge in [0, 0.05) is 12.4 Å². The summed E-state index contributed by atoms with van der Waals surface area (Å²) in [7, 11) is 0. The average molecular weight is 453 g/mol. The molecular weight excluding hydrogens is 424 g/mol. The fourth-order valence-corrected chi connectivity index (χ4v) is 3.07. The third-order valence-electron chi connectivity index (χ3n) is 4.80. The van der Waals surface area contributed by atoms with Crippen molar-refractivity contribution < 1.29 is 9.59 Å². The van der Waals surface area contributed by atoms with Crippen molar-refractivity contribution in [3.8, 4) is 0 Å². The second-order valence-electron chi connectivity index (χ2n) is 7.52. The van der Waals surface area contributed by atoms with Crippen LogP contribution in [0.2, 0.25) is 0 Å². The summed E-state index contributed by atoms with van der Waals surface area (Å²) in [6.07, 6.45) is 4.26. The molecule has 6 nitrogen and oxygen atoms in total. The molecule has 34 heavy (non-hydrogen) atoms. The first-order chi connectivity index (χ1) is 16.7. The number of hydrogen-bond donors (Lipinski definition) is 2. The minimum absolute atomic E-state index is 0.0156. The Morgan fingerprint density at radius 2 is 0.912 bits per heavy atom. The summed E-state index contributed by atoms with van der Waals surface area (Å²) in [4.78, 5) is 31.6. The fraction of sp³-hybridized carbons (Fsp3) is 0.143. The maximum absolute atomic E-state index is 11.6. The second-order valence-corrected chi connectivity index (χ2v) is 7.52. The van der Waals surface area contributed by atoms with E-state index in [4.69, 9.17) is 0 Å². The summed E-state index contributed by atoms with van der Waals surface area (Å²) in [6.45, 7) is 0.957. The lowest BCUT2D eigenvalue weighted by Crippen LogP contribution is -2.24. The van der Waals surface area contributed by atoms with Crippen LogP contribution in [0.4, 0.5) is 0 Å². The van der Waals surface area contributed by atoms with E-state index in [1.807, 2.05) is 97.1 Å². The standard InChI is InChI=1S/2C14H14N2O/c2*17-14(10-12-6-2-1-3-7-12)16-11-13-8-4-5-9-15-13/h2*1-9H,10-11H2,(H,16,17). The number of carbonyl (C=O) groups excluding carboxylic acids is 2. The Morgan fingerprint density at radius 1 is 0.529 bits per heavy atom. The molecule has 2 aromatic carbocycles. The SMILES string of the molecule is O=C(Cc1ccccc1)NCc1ccccn1.O=C(Cc1ccccc1)NCc1ccccn1. The van der Waals surface area contributed by atoms with E-state index in [2.05, 4.69) is 20.6 Å². The average Bonchev–Trinajstić information content (AvgIpc) is 2.89. The molecule has 0 saturated carbocycles. The number of pyridine rings is 2. The van der Waals surface area contributed by atoms with Crippen LogP contribution in [0.3, 0.4) is 0 Å². The molecule has 6 heteroatoms. The Kier molecular flexibility index (Phi) is 9.98. The second kappa shape index (κ2) is 14.0. The van der Waals surface area contributed by atoms with Crippen molar-refractivity contribution in [3.63, 3.8) is 0 Å². The molecule has 2 aromatic heterocycles. The summed E-state index contributed by atoms with van der Waals surface area (Å²) >= 11 is 0. The zero-order valence-corrected chi connectivity index (χ0v) is 18.9. The highest BCUT2D eigenvalue weighted by molar-refractivity contribution is 5.78. The molecule has 0 radical (unpaired) electrons. The number of nitrogens with one attached hydrogen (secondary N) is 2. The Morgan fingerprint density at radius 3 is 1.26 bits per heavy atom. The van der Waals surface area contributed by atoms with Gasteiger partial charge in [0.2, 0.25) is 11.8 Å². The van der Waals surface area contributed by atoms with E-state index in [9.17, 15) is 9.59 Å². The lowest BCUT2D eigenvalue weighted by molar-refractivity contribution is -0.121. The smallest absolute Gasteiger partial charge is 0.224 e. The predicted molar refractivity (Wildman–Crippen MR) is 132 cm³/mol. The summed E-state index contributed by atoms with van der Waals surface area (Å²) in [6, 6.07) is 30.7. The van der Waals surface area contributed by atoms with Crippen LogP contribution in [0.25, 0.3) is 0 Å². The van der Waals surface area contributed by atoms with Crippen LogP contribution in [0.15, 0.2) is 109 Å². The number of carbonyl (C=O) groups is 2. The molecule has 4 rings (SSSR count). The normalized spacial score (nSPS) is 9.88. The molecule has 0 spiro atoms. The minimum atomic E-state index is 0.0156. The van der Waals surface area contributed by atoms with E-state index < -0.39 is 0 Å². The van der Waals surface area contributed by atoms with Gasteiger partial charge in [0.1, 0.15) is 0 Å². The van der Waals surface area contributed by atoms with Gasteiger partial charge in [0.15, 0.2) is 0 Å². The van der Waals surface area contributed by atoms with Gasteiger partial charge in [-0.3, -0.25) is 19.6 Å². The molecule has 172 valence electrons. The van der Waals surface area contributed by atoms with E-state index in [0.29, 0.717) is 25.9 Å². The van der Waals surface area contributed by atoms with Crippen molar-refractivity contribution in [2.45, 2.75) is 25.9 Å². The maximum Gasteiger partial charge on any atom is 0.224 e. The number of aromatic nitrogens is 2. The molecule has 0 bridgehead atoms. The van der Waals surface area contributed by atoms with Crippen LogP contribution in [0, 0.1) is 0 Å². The van der Waals surface area contributed by atoms with Crippen LogP contribution < -0.4 is 10.6 Å². The van der Waals surface area contributed by atoms with E-state index in [1.54, 1.807) is 12.4 Å². The van der Waals surface area contributed by atoms with E-state index >= 15 is 0 Å². The number of nitrogens with zero attached hydrogens (tertiary/aromatic N) is 2. The van der Waals surface area contributed by atoms with E-state index in [1.165, 1.54) is 0 Å². The molecule has 2 amide bonds. The molecule has 2 N–H and O–H groups in total. The monoisotopic (exact) mass is 452 g/mol. The van der Waals surface area contributed by atoms with Gasteiger partial charge in [-0.05, 0) is 35.4 Å². The van der Waals surface area contributed by atoms with Crippen LogP contribution in [0.1, 0.15) is 22.5 Å². The highest BCUT2D eigenvalue weighted by Gasteiger charge is 2.03. The third kappa shape index (κ3) is 9.44. The first-order valence-electron chi connectivity index (χ1n) is 11.1. The van der Waals surface area contributed by atoms with Gasteiger partial charge in [0.05, 0.1) is 37.3 Å². The van der Waals surface area contributed by atoms with Crippen molar-refractivity contribution in [2.24, 2.45) is 0 Å². The van der Waals surface area contributed by atoms with E-state index in [0.717, 1.165) is 22.5 Å². The highest BCUT2D eigenvalue weighted by Crippen LogP contribution is 2.01. The van der Waals surface area contributed by atoms with Gasteiger partial charge in [0.25, 0.3) is 0 Å². The number of amides is 2. The molecule has 0 fully saturated rings. The molecule has 0 aliphatic carbocycles. The van der Waals surface area contributed by atoms with Crippen LogP contribution in [0.5, 0.6) is 0 Å². The zero-order chi connectivity index (χ0) is 23.8. The molecule has 0 aliphatic heterocycles. The fourth-order valence-electron chi connectivity index (χ4n) is 3.07. The molecule has 0 atom stereocenters. The van der Waals surface area contributed by atoms with Gasteiger partial charge < -0.3 is 10.6 Å². The van der Waals surface area contributed by atoms with Gasteiger partial charge in [-0.15, -0.1) is 0 Å². The van der Waals surface area contributed by atoms with E-state index in [-0.39, 0.29) is 11.8 Å². The predicted octanol–water partition coefficient (Wildman–Crippen LogP) is 3.88. The van der Waals surface area contributed by atoms with Crippen LogP contribution in [-0.4, -0.2) is 21.8 Å². The van der Waals surface area contributed by atoms with Gasteiger partial charge >= 0.3 is 0 Å². The highest BCUT2D eigenvalue weighted by atomic mass is 16.2. The first kappa shape index (κ1) is 24.3. The molecule has 0 saturated heterocycles. The summed E-state index contributed by atoms with van der Waals surface area (Å²) in [5.41, 5.74) is 3.78. The van der Waals surface area contributed by atoms with Crippen molar-refractivity contribution in [1.29, 1.82) is 0 Å². The molecule has 0 aliphatic rings. The van der Waals surface area contributed by atoms with Crippen molar-refractivity contribution >= 4 is 11.8 Å². The van der Waals surface area contributed by atoms with Crippen molar-refractivity contribution in [2.75, 3.05) is 0 Å². The first-order valence-corrected chi connectivity index (χ1v) is 11.1. The third-order valence-corrected chi connectivity index (χ3v) is 4.80. The van der Waals surface area contributed by atoms with Crippen LogP contribution >= 0.6 is 0 Å². The molecule has 4 aromatic rings. The zero-order valence-electron chi connectivity index (χ0n) is 18.9. The molecule has 0 unspecified atom stereocenters. The number of rotatable bonds is 8. The van der Waals surface area contributed by atoms with Crippen molar-refractivity contribution in [1.82, 2.24) is 20.6 Å². The van der Waals surface area contributed by atoms with Gasteiger partial charge in [-0.2, -0.15) is 0 Å². The number of benzene rings is 2. The van der Waals surface area contributed by atoms with Crippen LogP contribution in [-0.2, 0) is 35.5 Å². The Hall–Kier alpha value is -4.32.